The van der Waals surface area contributed by atoms with Crippen LogP contribution in [0.2, 0.25) is 0 Å². The Labute approximate surface area is 291 Å². The number of carbonyl (C=O) groups is 1. The lowest BCUT2D eigenvalue weighted by Gasteiger charge is -2.38. The van der Waals surface area contributed by atoms with Gasteiger partial charge in [-0.25, -0.2) is 21.4 Å². The monoisotopic (exact) mass is 758 g/mol. The third-order valence-corrected chi connectivity index (χ3v) is 11.6. The predicted octanol–water partition coefficient (Wildman–Crippen LogP) is 4.97. The molecule has 272 valence electrons. The summed E-state index contributed by atoms with van der Waals surface area (Å²) in [5.41, 5.74) is 1.000. The molecule has 0 fully saturated rings. The SMILES string of the molecule is COC(=O)CC1COc2c(cc3c4c2CCCN4CCC3)-c2c(NC(C)(C)C)n3c4ccc(S(C)(=O)=O)cc4sc3[n+]21.O=S(=O)([O-])C(F)(F)F. The number of nitrogens with zero attached hydrogens (tertiary/aromatic N) is 3. The van der Waals surface area contributed by atoms with E-state index in [0.717, 1.165) is 76.8 Å². The molecule has 0 aliphatic carbocycles. The van der Waals surface area contributed by atoms with Gasteiger partial charge in [-0.3, -0.25) is 4.79 Å². The number of alkyl halides is 3. The molecule has 1 atom stereocenters. The average molecular weight is 759 g/mol. The number of nitrogens with one attached hydrogen (secondary N) is 1. The number of hydrogen-bond acceptors (Lipinski definition) is 11. The molecular weight excluding hydrogens is 722 g/mol. The molecule has 0 saturated carbocycles. The minimum absolute atomic E-state index is 0.154. The molecule has 1 unspecified atom stereocenters. The van der Waals surface area contributed by atoms with Gasteiger partial charge in [0.1, 0.15) is 18.4 Å². The van der Waals surface area contributed by atoms with E-state index in [1.807, 2.05) is 6.07 Å². The number of rotatable bonds is 4. The summed E-state index contributed by atoms with van der Waals surface area (Å²) in [7, 11) is -8.05. The maximum absolute atomic E-state index is 12.8. The first-order valence-corrected chi connectivity index (χ1v) is 20.0. The first kappa shape index (κ1) is 36.2. The van der Waals surface area contributed by atoms with E-state index in [9.17, 15) is 26.4 Å². The van der Waals surface area contributed by atoms with Crippen LogP contribution >= 0.6 is 11.3 Å². The van der Waals surface area contributed by atoms with Crippen molar-refractivity contribution in [2.75, 3.05) is 43.3 Å². The summed E-state index contributed by atoms with van der Waals surface area (Å²) in [5, 5.41) is 3.80. The quantitative estimate of drug-likeness (QED) is 0.131. The maximum atomic E-state index is 12.8. The summed E-state index contributed by atoms with van der Waals surface area (Å²) in [6, 6.07) is 7.32. The number of anilines is 2. The van der Waals surface area contributed by atoms with Gasteiger partial charge in [-0.2, -0.15) is 17.6 Å². The Bertz CT molecular complexity index is 2240. The van der Waals surface area contributed by atoms with Crippen molar-refractivity contribution in [1.29, 1.82) is 0 Å². The van der Waals surface area contributed by atoms with Gasteiger partial charge in [-0.15, -0.1) is 0 Å². The molecule has 1 N–H and O–H groups in total. The highest BCUT2D eigenvalue weighted by Crippen LogP contribution is 2.49. The second kappa shape index (κ2) is 12.6. The number of benzene rings is 2. The fourth-order valence-corrected chi connectivity index (χ4v) is 8.83. The first-order valence-electron chi connectivity index (χ1n) is 15.9. The highest BCUT2D eigenvalue weighted by molar-refractivity contribution is 7.90. The van der Waals surface area contributed by atoms with E-state index in [-0.39, 0.29) is 28.9 Å². The molecule has 3 aliphatic rings. The van der Waals surface area contributed by atoms with Crippen LogP contribution in [0.1, 0.15) is 57.2 Å². The van der Waals surface area contributed by atoms with E-state index in [4.69, 9.17) is 22.4 Å². The van der Waals surface area contributed by atoms with Gasteiger partial charge in [-0.05, 0) is 87.6 Å². The van der Waals surface area contributed by atoms with Gasteiger partial charge < -0.3 is 24.2 Å². The van der Waals surface area contributed by atoms with Crippen LogP contribution in [0.15, 0.2) is 29.2 Å². The Morgan fingerprint density at radius 2 is 1.78 bits per heavy atom. The zero-order valence-electron chi connectivity index (χ0n) is 28.0. The van der Waals surface area contributed by atoms with Crippen LogP contribution in [0.5, 0.6) is 5.75 Å². The van der Waals surface area contributed by atoms with Crippen LogP contribution in [-0.2, 0) is 42.3 Å². The molecule has 0 radical (unpaired) electrons. The van der Waals surface area contributed by atoms with Crippen molar-refractivity contribution < 1.29 is 53.4 Å². The number of aromatic nitrogens is 2. The Balaban J connectivity index is 0.000000485. The number of aryl methyl sites for hydroxylation is 1. The maximum Gasteiger partial charge on any atom is 0.485 e. The molecule has 2 aromatic carbocycles. The van der Waals surface area contributed by atoms with Gasteiger partial charge in [0.2, 0.25) is 11.5 Å². The third-order valence-electron chi connectivity index (χ3n) is 8.81. The lowest BCUT2D eigenvalue weighted by Crippen LogP contribution is -2.43. The molecule has 18 heteroatoms. The number of carbonyl (C=O) groups excluding carboxylic acids is 1. The van der Waals surface area contributed by atoms with Crippen LogP contribution in [0.3, 0.4) is 0 Å². The van der Waals surface area contributed by atoms with Gasteiger partial charge in [0.05, 0.1) is 28.7 Å². The van der Waals surface area contributed by atoms with Crippen LogP contribution in [0.25, 0.3) is 26.4 Å². The number of esters is 1. The number of imidazole rings is 1. The largest absolute Gasteiger partial charge is 0.741 e. The number of fused-ring (bicyclic) bond motifs is 8. The summed E-state index contributed by atoms with van der Waals surface area (Å²) in [5.74, 6) is 1.53. The lowest BCUT2D eigenvalue weighted by atomic mass is 9.88. The minimum atomic E-state index is -6.09. The molecule has 50 heavy (non-hydrogen) atoms. The number of halogens is 3. The molecule has 12 nitrogen and oxygen atoms in total. The Morgan fingerprint density at radius 1 is 1.12 bits per heavy atom. The number of ether oxygens (including phenoxy) is 2. The Morgan fingerprint density at radius 3 is 2.38 bits per heavy atom. The molecule has 3 aliphatic heterocycles. The smallest absolute Gasteiger partial charge is 0.485 e. The number of sulfone groups is 1. The molecule has 0 bridgehead atoms. The predicted molar refractivity (Wildman–Crippen MR) is 181 cm³/mol. The van der Waals surface area contributed by atoms with Crippen LogP contribution < -0.4 is 19.5 Å². The fraction of sp³-hybridized carbons (Fsp3) is 0.500. The molecule has 2 aromatic heterocycles. The summed E-state index contributed by atoms with van der Waals surface area (Å²) >= 11 is 1.53. The normalized spacial score (nSPS) is 17.5. The molecule has 0 amide bonds. The second-order valence-electron chi connectivity index (χ2n) is 13.6. The van der Waals surface area contributed by atoms with Gasteiger partial charge in [0.25, 0.3) is 0 Å². The van der Waals surface area contributed by atoms with Gasteiger partial charge in [0, 0.05) is 36.1 Å². The molecule has 7 rings (SSSR count). The van der Waals surface area contributed by atoms with Crippen molar-refractivity contribution in [2.45, 2.75) is 74.9 Å². The fourth-order valence-electron chi connectivity index (χ4n) is 6.85. The lowest BCUT2D eigenvalue weighted by molar-refractivity contribution is -0.684. The topological polar surface area (TPSA) is 150 Å². The van der Waals surface area contributed by atoms with E-state index in [2.05, 4.69) is 46.0 Å². The van der Waals surface area contributed by atoms with Crippen molar-refractivity contribution in [3.05, 3.63) is 35.4 Å². The van der Waals surface area contributed by atoms with Crippen molar-refractivity contribution >= 4 is 63.9 Å². The van der Waals surface area contributed by atoms with Crippen LogP contribution in [0.4, 0.5) is 24.7 Å². The van der Waals surface area contributed by atoms with E-state index in [1.54, 1.807) is 12.1 Å². The van der Waals surface area contributed by atoms with Crippen molar-refractivity contribution in [2.24, 2.45) is 0 Å². The third kappa shape index (κ3) is 6.62. The van der Waals surface area contributed by atoms with E-state index < -0.39 is 25.5 Å². The highest BCUT2D eigenvalue weighted by Gasteiger charge is 2.43. The number of thiazole rings is 1. The van der Waals surface area contributed by atoms with Crippen molar-refractivity contribution in [3.8, 4) is 17.0 Å². The standard InChI is InChI=1S/C31H37N4O5S2.CHF3O3S/c1-31(2,3)32-29-27-22-14-18-8-6-12-33-13-7-9-21(26(18)33)28(22)40-17-19(15-25(36)39-4)34(27)30-35(29)23-11-10-20(42(5,37)38)16-24(23)41-30;2-1(3,4)8(5,6)7/h10-11,14,16,19,32H,6-9,12-13,15,17H2,1-5H3;(H,5,6,7)/q+1;/p-1. The number of methoxy groups -OCH3 is 1. The minimum Gasteiger partial charge on any atom is -0.741 e. The van der Waals surface area contributed by atoms with Gasteiger partial charge in [0.15, 0.2) is 25.5 Å². The van der Waals surface area contributed by atoms with E-state index in [0.29, 0.717) is 6.61 Å². The van der Waals surface area contributed by atoms with Crippen molar-refractivity contribution in [1.82, 2.24) is 4.40 Å². The number of hydrogen-bond donors (Lipinski definition) is 1. The van der Waals surface area contributed by atoms with E-state index in [1.165, 1.54) is 41.5 Å². The highest BCUT2D eigenvalue weighted by atomic mass is 32.2. The second-order valence-corrected chi connectivity index (χ2v) is 18.0. The Kier molecular flexibility index (Phi) is 9.09. The molecule has 0 saturated heterocycles. The molecule has 0 spiro atoms. The summed E-state index contributed by atoms with van der Waals surface area (Å²) in [6.45, 7) is 8.87. The molecule has 4 aromatic rings. The Hall–Kier alpha value is -3.61. The molecule has 5 heterocycles. The van der Waals surface area contributed by atoms with Crippen LogP contribution in [-0.4, -0.2) is 75.9 Å². The first-order chi connectivity index (χ1) is 23.2. The van der Waals surface area contributed by atoms with Gasteiger partial charge in [-0.1, -0.05) is 0 Å². The van der Waals surface area contributed by atoms with Crippen LogP contribution in [0, 0.1) is 0 Å². The summed E-state index contributed by atoms with van der Waals surface area (Å²) in [4.78, 5) is 16.5. The zero-order chi connectivity index (χ0) is 36.6. The van der Waals surface area contributed by atoms with Gasteiger partial charge >= 0.3 is 16.4 Å². The van der Waals surface area contributed by atoms with Crippen molar-refractivity contribution in [3.63, 3.8) is 0 Å². The summed E-state index contributed by atoms with van der Waals surface area (Å²) in [6.07, 6.45) is 5.59. The van der Waals surface area contributed by atoms with E-state index >= 15 is 0 Å². The molecular formula is C32H37F3N4O8S3. The summed E-state index contributed by atoms with van der Waals surface area (Å²) < 4.78 is 101. The zero-order valence-corrected chi connectivity index (χ0v) is 30.5. The average Bonchev–Trinajstić information content (AvgIpc) is 3.46.